The summed E-state index contributed by atoms with van der Waals surface area (Å²) in [6.07, 6.45) is 0. The molecule has 0 aliphatic heterocycles. The van der Waals surface area contributed by atoms with Gasteiger partial charge in [0.2, 0.25) is 0 Å². The number of rotatable bonds is 0. The van der Waals surface area contributed by atoms with E-state index in [9.17, 15) is 0 Å². The van der Waals surface area contributed by atoms with Gasteiger partial charge in [0.05, 0.1) is 0 Å². The molecule has 0 unspecified atom stereocenters. The highest BCUT2D eigenvalue weighted by Crippen LogP contribution is 2.54. The number of halogens is 1. The zero-order valence-electron chi connectivity index (χ0n) is 13.0. The van der Waals surface area contributed by atoms with Crippen LogP contribution in [0.1, 0.15) is 25.0 Å². The molecule has 3 aromatic carbocycles. The van der Waals surface area contributed by atoms with Gasteiger partial charge < -0.3 is 4.42 Å². The highest BCUT2D eigenvalue weighted by Gasteiger charge is 2.38. The quantitative estimate of drug-likeness (QED) is 0.358. The minimum atomic E-state index is -0.0955. The molecule has 1 aliphatic rings. The lowest BCUT2D eigenvalue weighted by Gasteiger charge is -2.22. The molecule has 0 atom stereocenters. The zero-order valence-corrected chi connectivity index (χ0v) is 13.7. The normalized spacial score (nSPS) is 15.1. The molecule has 1 aromatic heterocycles. The molecule has 23 heavy (non-hydrogen) atoms. The number of fused-ring (bicyclic) bond motifs is 7. The smallest absolute Gasteiger partial charge is 0.135 e. The van der Waals surface area contributed by atoms with E-state index in [1.165, 1.54) is 33.0 Å². The van der Waals surface area contributed by atoms with Crippen LogP contribution in [0.5, 0.6) is 0 Å². The number of furan rings is 1. The molecule has 2 heteroatoms. The molecule has 0 saturated heterocycles. The van der Waals surface area contributed by atoms with Crippen molar-refractivity contribution in [1.29, 1.82) is 0 Å². The van der Waals surface area contributed by atoms with Gasteiger partial charge in [-0.1, -0.05) is 61.8 Å². The zero-order chi connectivity index (χ0) is 15.8. The molecule has 0 bridgehead atoms. The van der Waals surface area contributed by atoms with Crippen molar-refractivity contribution in [3.8, 4) is 11.1 Å². The van der Waals surface area contributed by atoms with Crippen LogP contribution in [0, 0.1) is 0 Å². The Kier molecular flexibility index (Phi) is 2.40. The Labute approximate surface area is 139 Å². The first-order chi connectivity index (χ1) is 11.1. The number of hydrogen-bond donors (Lipinski definition) is 0. The van der Waals surface area contributed by atoms with E-state index >= 15 is 0 Å². The maximum Gasteiger partial charge on any atom is 0.135 e. The highest BCUT2D eigenvalue weighted by molar-refractivity contribution is 6.34. The lowest BCUT2D eigenvalue weighted by atomic mass is 9.80. The monoisotopic (exact) mass is 318 g/mol. The lowest BCUT2D eigenvalue weighted by Crippen LogP contribution is -2.15. The van der Waals surface area contributed by atoms with Crippen LogP contribution in [-0.2, 0) is 5.41 Å². The lowest BCUT2D eigenvalue weighted by molar-refractivity contribution is 0.657. The van der Waals surface area contributed by atoms with Crippen LogP contribution < -0.4 is 0 Å². The molecule has 0 saturated carbocycles. The van der Waals surface area contributed by atoms with Crippen LogP contribution in [0.4, 0.5) is 0 Å². The van der Waals surface area contributed by atoms with Crippen molar-refractivity contribution in [1.82, 2.24) is 0 Å². The summed E-state index contributed by atoms with van der Waals surface area (Å²) in [6, 6.07) is 18.7. The first kappa shape index (κ1) is 13.2. The van der Waals surface area contributed by atoms with Crippen LogP contribution in [0.25, 0.3) is 33.1 Å². The van der Waals surface area contributed by atoms with Crippen molar-refractivity contribution in [2.24, 2.45) is 0 Å². The van der Waals surface area contributed by atoms with Gasteiger partial charge in [-0.05, 0) is 34.9 Å². The Morgan fingerprint density at radius 3 is 2.57 bits per heavy atom. The van der Waals surface area contributed by atoms with E-state index in [4.69, 9.17) is 16.0 Å². The minimum absolute atomic E-state index is 0.0955. The summed E-state index contributed by atoms with van der Waals surface area (Å²) >= 11 is 6.54. The van der Waals surface area contributed by atoms with Gasteiger partial charge in [0.25, 0.3) is 0 Å². The van der Waals surface area contributed by atoms with Crippen molar-refractivity contribution in [2.45, 2.75) is 19.3 Å². The molecule has 5 rings (SSSR count). The van der Waals surface area contributed by atoms with E-state index in [2.05, 4.69) is 44.2 Å². The van der Waals surface area contributed by atoms with Crippen molar-refractivity contribution < 1.29 is 4.42 Å². The molecule has 1 heterocycles. The topological polar surface area (TPSA) is 13.1 Å². The minimum Gasteiger partial charge on any atom is -0.456 e. The summed E-state index contributed by atoms with van der Waals surface area (Å²) < 4.78 is 6.07. The van der Waals surface area contributed by atoms with E-state index in [1.54, 1.807) is 0 Å². The maximum absolute atomic E-state index is 6.54. The molecule has 0 N–H and O–H groups in total. The van der Waals surface area contributed by atoms with Gasteiger partial charge in [-0.15, -0.1) is 0 Å². The van der Waals surface area contributed by atoms with Crippen LogP contribution in [0.3, 0.4) is 0 Å². The van der Waals surface area contributed by atoms with Gasteiger partial charge in [0.1, 0.15) is 11.2 Å². The summed E-state index contributed by atoms with van der Waals surface area (Å²) in [4.78, 5) is 0. The van der Waals surface area contributed by atoms with Crippen LogP contribution in [0.2, 0.25) is 5.02 Å². The Bertz CT molecular complexity index is 1100. The van der Waals surface area contributed by atoms with Gasteiger partial charge in [0.15, 0.2) is 0 Å². The summed E-state index contributed by atoms with van der Waals surface area (Å²) in [5.74, 6) is 0. The van der Waals surface area contributed by atoms with Gasteiger partial charge in [0, 0.05) is 26.8 Å². The fourth-order valence-corrected chi connectivity index (χ4v) is 4.40. The molecule has 0 fully saturated rings. The standard InChI is InChI=1S/C21H15ClO/c1-21(2)14-7-5-8-15(22)18(14)13-10-11-17-19(20(13)21)12-6-3-4-9-16(12)23-17/h3-11H,1-2H3. The number of hydrogen-bond acceptors (Lipinski definition) is 1. The molecule has 1 aliphatic carbocycles. The highest BCUT2D eigenvalue weighted by atomic mass is 35.5. The average molecular weight is 319 g/mol. The molecule has 112 valence electrons. The van der Waals surface area contributed by atoms with E-state index < -0.39 is 0 Å². The molecular weight excluding hydrogens is 304 g/mol. The number of benzene rings is 3. The Morgan fingerprint density at radius 2 is 1.70 bits per heavy atom. The van der Waals surface area contributed by atoms with Crippen molar-refractivity contribution >= 4 is 33.5 Å². The average Bonchev–Trinajstić information content (AvgIpc) is 3.02. The second-order valence-corrected chi connectivity index (χ2v) is 7.15. The summed E-state index contributed by atoms with van der Waals surface area (Å²) in [7, 11) is 0. The summed E-state index contributed by atoms with van der Waals surface area (Å²) in [5.41, 5.74) is 6.80. The Balaban J connectivity index is 2.04. The molecule has 0 amide bonds. The first-order valence-electron chi connectivity index (χ1n) is 7.83. The fraction of sp³-hybridized carbons (Fsp3) is 0.143. The summed E-state index contributed by atoms with van der Waals surface area (Å²) in [5, 5.41) is 3.22. The second kappa shape index (κ2) is 4.18. The largest absolute Gasteiger partial charge is 0.456 e. The third-order valence-electron chi connectivity index (χ3n) is 5.12. The van der Waals surface area contributed by atoms with Gasteiger partial charge in [-0.3, -0.25) is 0 Å². The second-order valence-electron chi connectivity index (χ2n) is 6.75. The van der Waals surface area contributed by atoms with Crippen molar-refractivity contribution in [3.05, 3.63) is 70.7 Å². The van der Waals surface area contributed by atoms with Crippen LogP contribution in [-0.4, -0.2) is 0 Å². The van der Waals surface area contributed by atoms with E-state index in [0.29, 0.717) is 0 Å². The summed E-state index contributed by atoms with van der Waals surface area (Å²) in [6.45, 7) is 4.55. The molecule has 4 aromatic rings. The van der Waals surface area contributed by atoms with E-state index in [0.717, 1.165) is 16.2 Å². The molecule has 0 radical (unpaired) electrons. The van der Waals surface area contributed by atoms with Crippen LogP contribution in [0.15, 0.2) is 59.0 Å². The van der Waals surface area contributed by atoms with Crippen LogP contribution >= 0.6 is 11.6 Å². The van der Waals surface area contributed by atoms with Gasteiger partial charge >= 0.3 is 0 Å². The van der Waals surface area contributed by atoms with E-state index in [1.807, 2.05) is 24.3 Å². The van der Waals surface area contributed by atoms with Gasteiger partial charge in [-0.2, -0.15) is 0 Å². The SMILES string of the molecule is CC1(C)c2cccc(Cl)c2-c2ccc3oc4ccccc4c3c21. The molecular formula is C21H15ClO. The third-order valence-corrected chi connectivity index (χ3v) is 5.44. The molecule has 1 nitrogen and oxygen atoms in total. The Hall–Kier alpha value is -2.25. The van der Waals surface area contributed by atoms with Crippen molar-refractivity contribution in [3.63, 3.8) is 0 Å². The first-order valence-corrected chi connectivity index (χ1v) is 8.21. The van der Waals surface area contributed by atoms with Gasteiger partial charge in [-0.25, -0.2) is 0 Å². The predicted molar refractivity (Wildman–Crippen MR) is 96.3 cm³/mol. The Morgan fingerprint density at radius 1 is 0.870 bits per heavy atom. The van der Waals surface area contributed by atoms with Crippen molar-refractivity contribution in [2.75, 3.05) is 0 Å². The number of para-hydroxylation sites is 1. The fourth-order valence-electron chi connectivity index (χ4n) is 4.13. The van der Waals surface area contributed by atoms with E-state index in [-0.39, 0.29) is 5.41 Å². The maximum atomic E-state index is 6.54. The predicted octanol–water partition coefficient (Wildman–Crippen LogP) is 6.55. The third kappa shape index (κ3) is 1.53. The molecule has 0 spiro atoms.